The van der Waals surface area contributed by atoms with Crippen LogP contribution in [0, 0.1) is 0 Å². The second kappa shape index (κ2) is 8.84. The molecule has 0 fully saturated rings. The molecule has 0 aliphatic heterocycles. The van der Waals surface area contributed by atoms with Gasteiger partial charge in [-0.15, -0.1) is 0 Å². The second-order valence-corrected chi connectivity index (χ2v) is 5.86. The third-order valence-electron chi connectivity index (χ3n) is 3.88. The summed E-state index contributed by atoms with van der Waals surface area (Å²) >= 11 is 0. The molecule has 2 rings (SSSR count). The summed E-state index contributed by atoms with van der Waals surface area (Å²) in [5.74, 6) is 3.90. The van der Waals surface area contributed by atoms with E-state index in [0.717, 1.165) is 5.56 Å². The molecule has 138 valence electrons. The lowest BCUT2D eigenvalue weighted by molar-refractivity contribution is -0.142. The smallest absolute Gasteiger partial charge is 0.326 e. The third kappa shape index (κ3) is 5.47. The molecule has 0 bridgehead atoms. The first-order chi connectivity index (χ1) is 12.4. The molecule has 26 heavy (non-hydrogen) atoms. The fourth-order valence-electron chi connectivity index (χ4n) is 2.44. The van der Waals surface area contributed by atoms with Crippen LogP contribution in [0.15, 0.2) is 48.5 Å². The summed E-state index contributed by atoms with van der Waals surface area (Å²) in [5, 5.41) is 30.4. The van der Waals surface area contributed by atoms with Crippen molar-refractivity contribution >= 4 is 11.9 Å². The number of nitrogens with one attached hydrogen (secondary N) is 2. The molecule has 0 saturated carbocycles. The minimum absolute atomic E-state index is 0.0673. The molecule has 0 spiro atoms. The van der Waals surface area contributed by atoms with Gasteiger partial charge in [0.2, 0.25) is 5.91 Å². The van der Waals surface area contributed by atoms with E-state index in [0.29, 0.717) is 5.56 Å². The standard InChI is InChI=1S/C18H21N3O5/c19-21-15(9-11-1-5-13(22)6-2-11)17(24)20-16(18(25)26)10-12-3-7-14(23)8-4-12/h1-8,15-16,21-23H,9-10,19H2,(H,20,24)(H,25,26)/t15-,16-/m0/s1. The number of nitrogens with two attached hydrogens (primary N) is 1. The molecule has 1 amide bonds. The largest absolute Gasteiger partial charge is 0.508 e. The Kier molecular flexibility index (Phi) is 6.54. The SMILES string of the molecule is NN[C@@H](Cc1ccc(O)cc1)C(=O)N[C@@H](Cc1ccc(O)cc1)C(=O)O. The van der Waals surface area contributed by atoms with Gasteiger partial charge >= 0.3 is 5.97 Å². The number of aliphatic carboxylic acids is 1. The van der Waals surface area contributed by atoms with Crippen molar-refractivity contribution in [2.24, 2.45) is 5.84 Å². The van der Waals surface area contributed by atoms with E-state index in [2.05, 4.69) is 10.7 Å². The van der Waals surface area contributed by atoms with Crippen molar-refractivity contribution in [3.05, 3.63) is 59.7 Å². The minimum atomic E-state index is -1.17. The number of aromatic hydroxyl groups is 2. The first-order valence-corrected chi connectivity index (χ1v) is 7.94. The van der Waals surface area contributed by atoms with Gasteiger partial charge in [0, 0.05) is 6.42 Å². The Morgan fingerprint density at radius 3 is 1.65 bits per heavy atom. The molecule has 0 aliphatic carbocycles. The predicted molar refractivity (Wildman–Crippen MR) is 94.3 cm³/mol. The zero-order valence-electron chi connectivity index (χ0n) is 13.9. The highest BCUT2D eigenvalue weighted by molar-refractivity contribution is 5.87. The molecule has 8 nitrogen and oxygen atoms in total. The monoisotopic (exact) mass is 359 g/mol. The molecule has 0 saturated heterocycles. The van der Waals surface area contributed by atoms with E-state index in [1.165, 1.54) is 24.3 Å². The lowest BCUT2D eigenvalue weighted by Crippen LogP contribution is -2.53. The number of hydrazine groups is 1. The first kappa shape index (κ1) is 19.2. The van der Waals surface area contributed by atoms with Gasteiger partial charge in [-0.2, -0.15) is 0 Å². The number of carboxylic acid groups (broad SMARTS) is 1. The summed E-state index contributed by atoms with van der Waals surface area (Å²) in [6, 6.07) is 10.4. The summed E-state index contributed by atoms with van der Waals surface area (Å²) in [6.07, 6.45) is 0.298. The molecule has 0 aromatic heterocycles. The number of carbonyl (C=O) groups excluding carboxylic acids is 1. The number of amides is 1. The van der Waals surface area contributed by atoms with E-state index in [-0.39, 0.29) is 24.3 Å². The van der Waals surface area contributed by atoms with Gasteiger partial charge in [0.25, 0.3) is 0 Å². The Hall–Kier alpha value is -3.10. The highest BCUT2D eigenvalue weighted by Gasteiger charge is 2.25. The van der Waals surface area contributed by atoms with Crippen molar-refractivity contribution in [1.82, 2.24) is 10.7 Å². The Balaban J connectivity index is 2.03. The minimum Gasteiger partial charge on any atom is -0.508 e. The maximum absolute atomic E-state index is 12.4. The van der Waals surface area contributed by atoms with Crippen LogP contribution in [-0.2, 0) is 22.4 Å². The van der Waals surface area contributed by atoms with Gasteiger partial charge in [-0.3, -0.25) is 10.6 Å². The summed E-state index contributed by atoms with van der Waals surface area (Å²) in [7, 11) is 0. The molecule has 0 radical (unpaired) electrons. The van der Waals surface area contributed by atoms with Crippen molar-refractivity contribution < 1.29 is 24.9 Å². The van der Waals surface area contributed by atoms with Gasteiger partial charge in [-0.1, -0.05) is 24.3 Å². The summed E-state index contributed by atoms with van der Waals surface area (Å²) in [6.45, 7) is 0. The van der Waals surface area contributed by atoms with Crippen LogP contribution in [0.2, 0.25) is 0 Å². The Morgan fingerprint density at radius 2 is 1.27 bits per heavy atom. The number of hydrogen-bond acceptors (Lipinski definition) is 6. The lowest BCUT2D eigenvalue weighted by Gasteiger charge is -2.20. The average Bonchev–Trinajstić information content (AvgIpc) is 2.62. The molecule has 0 unspecified atom stereocenters. The predicted octanol–water partition coefficient (Wildman–Crippen LogP) is 0.284. The van der Waals surface area contributed by atoms with E-state index in [4.69, 9.17) is 5.84 Å². The van der Waals surface area contributed by atoms with Crippen molar-refractivity contribution in [3.63, 3.8) is 0 Å². The molecule has 2 atom stereocenters. The van der Waals surface area contributed by atoms with E-state index < -0.39 is 24.0 Å². The number of phenolic OH excluding ortho intramolecular Hbond substituents is 2. The summed E-state index contributed by atoms with van der Waals surface area (Å²) in [5.41, 5.74) is 3.79. The molecular formula is C18H21N3O5. The third-order valence-corrected chi connectivity index (χ3v) is 3.88. The Labute approximate surface area is 150 Å². The number of rotatable bonds is 8. The fourth-order valence-corrected chi connectivity index (χ4v) is 2.44. The molecule has 0 aliphatic rings. The molecule has 0 heterocycles. The van der Waals surface area contributed by atoms with Gasteiger partial charge < -0.3 is 20.6 Å². The maximum Gasteiger partial charge on any atom is 0.326 e. The van der Waals surface area contributed by atoms with Gasteiger partial charge in [-0.25, -0.2) is 10.2 Å². The van der Waals surface area contributed by atoms with Crippen LogP contribution in [-0.4, -0.2) is 39.3 Å². The number of carboxylic acids is 1. The second-order valence-electron chi connectivity index (χ2n) is 5.86. The van der Waals surface area contributed by atoms with Crippen LogP contribution in [0.4, 0.5) is 0 Å². The molecule has 2 aromatic rings. The Morgan fingerprint density at radius 1 is 0.846 bits per heavy atom. The topological polar surface area (TPSA) is 145 Å². The van der Waals surface area contributed by atoms with E-state index in [1.807, 2.05) is 0 Å². The average molecular weight is 359 g/mol. The van der Waals surface area contributed by atoms with Crippen LogP contribution in [0.25, 0.3) is 0 Å². The van der Waals surface area contributed by atoms with Gasteiger partial charge in [0.05, 0.1) is 0 Å². The van der Waals surface area contributed by atoms with Crippen LogP contribution >= 0.6 is 0 Å². The maximum atomic E-state index is 12.4. The fraction of sp³-hybridized carbons (Fsp3) is 0.222. The normalized spacial score (nSPS) is 13.0. The Bertz CT molecular complexity index is 746. The van der Waals surface area contributed by atoms with Crippen molar-refractivity contribution in [1.29, 1.82) is 0 Å². The van der Waals surface area contributed by atoms with E-state index >= 15 is 0 Å². The first-order valence-electron chi connectivity index (χ1n) is 7.94. The highest BCUT2D eigenvalue weighted by atomic mass is 16.4. The zero-order chi connectivity index (χ0) is 19.1. The number of carbonyl (C=O) groups is 2. The number of hydrogen-bond donors (Lipinski definition) is 6. The van der Waals surface area contributed by atoms with Crippen molar-refractivity contribution in [2.45, 2.75) is 24.9 Å². The van der Waals surface area contributed by atoms with Gasteiger partial charge in [-0.05, 0) is 41.8 Å². The highest BCUT2D eigenvalue weighted by Crippen LogP contribution is 2.13. The lowest BCUT2D eigenvalue weighted by atomic mass is 10.0. The van der Waals surface area contributed by atoms with Gasteiger partial charge in [0.1, 0.15) is 23.6 Å². The van der Waals surface area contributed by atoms with Crippen molar-refractivity contribution in [2.75, 3.05) is 0 Å². The molecular weight excluding hydrogens is 338 g/mol. The van der Waals surface area contributed by atoms with Crippen LogP contribution in [0.1, 0.15) is 11.1 Å². The van der Waals surface area contributed by atoms with Crippen LogP contribution in [0.5, 0.6) is 11.5 Å². The number of benzene rings is 2. The van der Waals surface area contributed by atoms with E-state index in [1.54, 1.807) is 24.3 Å². The van der Waals surface area contributed by atoms with Crippen LogP contribution in [0.3, 0.4) is 0 Å². The van der Waals surface area contributed by atoms with Gasteiger partial charge in [0.15, 0.2) is 0 Å². The number of phenols is 2. The molecule has 2 aromatic carbocycles. The molecule has 7 N–H and O–H groups in total. The summed E-state index contributed by atoms with van der Waals surface area (Å²) in [4.78, 5) is 23.9. The quantitative estimate of drug-likeness (QED) is 0.293. The van der Waals surface area contributed by atoms with E-state index in [9.17, 15) is 24.9 Å². The zero-order valence-corrected chi connectivity index (χ0v) is 13.9. The molecule has 8 heteroatoms. The summed E-state index contributed by atoms with van der Waals surface area (Å²) < 4.78 is 0. The van der Waals surface area contributed by atoms with Crippen LogP contribution < -0.4 is 16.6 Å². The van der Waals surface area contributed by atoms with Crippen molar-refractivity contribution in [3.8, 4) is 11.5 Å².